The number of ether oxygens (including phenoxy) is 3. The van der Waals surface area contributed by atoms with Gasteiger partial charge in [-0.25, -0.2) is 0 Å². The quantitative estimate of drug-likeness (QED) is 0.455. The van der Waals surface area contributed by atoms with Gasteiger partial charge in [-0.1, -0.05) is 12.1 Å². The summed E-state index contributed by atoms with van der Waals surface area (Å²) in [6.07, 6.45) is 2.27. The second-order valence-corrected chi connectivity index (χ2v) is 7.04. The van der Waals surface area contributed by atoms with Crippen molar-refractivity contribution < 1.29 is 28.6 Å². The van der Waals surface area contributed by atoms with Gasteiger partial charge in [0.05, 0.1) is 20.1 Å². The molecule has 0 unspecified atom stereocenters. The lowest BCUT2D eigenvalue weighted by molar-refractivity contribution is -0.144. The monoisotopic (exact) mass is 420 g/mol. The first kappa shape index (κ1) is 23.5. The van der Waals surface area contributed by atoms with Crippen molar-refractivity contribution in [1.82, 2.24) is 9.80 Å². The molecule has 1 saturated carbocycles. The van der Waals surface area contributed by atoms with Gasteiger partial charge in [0, 0.05) is 32.1 Å². The van der Waals surface area contributed by atoms with E-state index in [4.69, 9.17) is 14.2 Å². The number of benzene rings is 1. The van der Waals surface area contributed by atoms with E-state index in [1.54, 1.807) is 36.0 Å². The highest BCUT2D eigenvalue weighted by Crippen LogP contribution is 2.28. The van der Waals surface area contributed by atoms with Crippen LogP contribution in [0.15, 0.2) is 24.3 Å². The first-order chi connectivity index (χ1) is 14.5. The molecule has 1 aromatic carbocycles. The summed E-state index contributed by atoms with van der Waals surface area (Å²) in [6, 6.07) is 7.33. The Labute approximate surface area is 178 Å². The minimum absolute atomic E-state index is 0.0779. The van der Waals surface area contributed by atoms with Crippen LogP contribution in [0.4, 0.5) is 0 Å². The second-order valence-electron chi connectivity index (χ2n) is 7.04. The fraction of sp³-hybridized carbons (Fsp3) is 0.591. The Balaban J connectivity index is 1.85. The predicted octanol–water partition coefficient (Wildman–Crippen LogP) is 2.26. The number of rotatable bonds is 13. The molecule has 2 rings (SSSR count). The number of hydrogen-bond donors (Lipinski definition) is 0. The van der Waals surface area contributed by atoms with Crippen LogP contribution in [0.25, 0.3) is 0 Å². The number of methoxy groups -OCH3 is 1. The number of nitrogens with zero attached hydrogens (tertiary/aromatic N) is 2. The van der Waals surface area contributed by atoms with Gasteiger partial charge >= 0.3 is 5.97 Å². The third-order valence-electron chi connectivity index (χ3n) is 4.92. The number of para-hydroxylation sites is 2. The van der Waals surface area contributed by atoms with Crippen LogP contribution < -0.4 is 9.47 Å². The SMILES string of the molecule is CCOC(=O)CCN(CC)C(=O)CCN(C(=O)COc1ccccc1OC)C1CC1. The summed E-state index contributed by atoms with van der Waals surface area (Å²) in [4.78, 5) is 40.2. The largest absolute Gasteiger partial charge is 0.493 e. The van der Waals surface area contributed by atoms with Crippen LogP contribution >= 0.6 is 0 Å². The third kappa shape index (κ3) is 7.24. The molecule has 0 aliphatic heterocycles. The zero-order chi connectivity index (χ0) is 21.9. The molecule has 0 spiro atoms. The molecule has 1 fully saturated rings. The smallest absolute Gasteiger partial charge is 0.307 e. The predicted molar refractivity (Wildman–Crippen MR) is 111 cm³/mol. The molecule has 0 N–H and O–H groups in total. The molecule has 1 aromatic rings. The van der Waals surface area contributed by atoms with Crippen LogP contribution in [0.5, 0.6) is 11.5 Å². The number of hydrogen-bond acceptors (Lipinski definition) is 6. The maximum atomic E-state index is 12.7. The van der Waals surface area contributed by atoms with E-state index in [1.165, 1.54) is 0 Å². The zero-order valence-electron chi connectivity index (χ0n) is 18.1. The van der Waals surface area contributed by atoms with Crippen LogP contribution in [0.2, 0.25) is 0 Å². The van der Waals surface area contributed by atoms with Gasteiger partial charge in [-0.15, -0.1) is 0 Å². The van der Waals surface area contributed by atoms with E-state index >= 15 is 0 Å². The van der Waals surface area contributed by atoms with Gasteiger partial charge in [0.1, 0.15) is 0 Å². The van der Waals surface area contributed by atoms with Crippen molar-refractivity contribution in [1.29, 1.82) is 0 Å². The Morgan fingerprint density at radius 3 is 2.30 bits per heavy atom. The van der Waals surface area contributed by atoms with Crippen molar-refractivity contribution in [2.24, 2.45) is 0 Å². The molecular formula is C22H32N2O6. The summed E-state index contributed by atoms with van der Waals surface area (Å²) in [5.74, 6) is 0.540. The van der Waals surface area contributed by atoms with E-state index in [1.807, 2.05) is 19.1 Å². The van der Waals surface area contributed by atoms with Crippen molar-refractivity contribution >= 4 is 17.8 Å². The standard InChI is InChI=1S/C22H32N2O6/c1-4-23(14-13-22(27)29-5-2)20(25)12-15-24(17-10-11-17)21(26)16-30-19-9-7-6-8-18(19)28-3/h6-9,17H,4-5,10-16H2,1-3H3. The number of carbonyl (C=O) groups is 3. The Kier molecular flexibility index (Phi) is 9.44. The first-order valence-corrected chi connectivity index (χ1v) is 10.5. The van der Waals surface area contributed by atoms with E-state index in [0.29, 0.717) is 37.7 Å². The highest BCUT2D eigenvalue weighted by molar-refractivity contribution is 5.81. The zero-order valence-corrected chi connectivity index (χ0v) is 18.1. The minimum atomic E-state index is -0.313. The van der Waals surface area contributed by atoms with Crippen LogP contribution in [0, 0.1) is 0 Å². The van der Waals surface area contributed by atoms with Crippen molar-refractivity contribution in [3.05, 3.63) is 24.3 Å². The van der Waals surface area contributed by atoms with Gasteiger partial charge in [-0.2, -0.15) is 0 Å². The maximum Gasteiger partial charge on any atom is 0.307 e. The van der Waals surface area contributed by atoms with E-state index in [2.05, 4.69) is 0 Å². The summed E-state index contributed by atoms with van der Waals surface area (Å²) < 4.78 is 15.8. The molecule has 0 heterocycles. The van der Waals surface area contributed by atoms with E-state index in [-0.39, 0.29) is 43.3 Å². The summed E-state index contributed by atoms with van der Waals surface area (Å²) in [7, 11) is 1.55. The lowest BCUT2D eigenvalue weighted by atomic mass is 10.3. The fourth-order valence-corrected chi connectivity index (χ4v) is 3.15. The molecule has 0 bridgehead atoms. The average molecular weight is 421 g/mol. The van der Waals surface area contributed by atoms with Gasteiger partial charge < -0.3 is 24.0 Å². The van der Waals surface area contributed by atoms with Gasteiger partial charge in [-0.3, -0.25) is 14.4 Å². The average Bonchev–Trinajstić information content (AvgIpc) is 3.58. The molecule has 2 amide bonds. The maximum absolute atomic E-state index is 12.7. The Hall–Kier alpha value is -2.77. The molecular weight excluding hydrogens is 388 g/mol. The van der Waals surface area contributed by atoms with Gasteiger partial charge in [0.15, 0.2) is 18.1 Å². The topological polar surface area (TPSA) is 85.4 Å². The highest BCUT2D eigenvalue weighted by atomic mass is 16.5. The minimum Gasteiger partial charge on any atom is -0.493 e. The Morgan fingerprint density at radius 1 is 1.00 bits per heavy atom. The molecule has 0 saturated heterocycles. The van der Waals surface area contributed by atoms with Crippen LogP contribution in [-0.2, 0) is 19.1 Å². The lowest BCUT2D eigenvalue weighted by Gasteiger charge is -2.25. The Bertz CT molecular complexity index is 719. The normalized spacial score (nSPS) is 12.8. The molecule has 30 heavy (non-hydrogen) atoms. The van der Waals surface area contributed by atoms with Gasteiger partial charge in [0.25, 0.3) is 5.91 Å². The van der Waals surface area contributed by atoms with Crippen LogP contribution in [0.1, 0.15) is 39.5 Å². The molecule has 1 aliphatic carbocycles. The molecule has 0 radical (unpaired) electrons. The summed E-state index contributed by atoms with van der Waals surface area (Å²) in [6.45, 7) is 5.01. The van der Waals surface area contributed by atoms with Crippen molar-refractivity contribution in [3.63, 3.8) is 0 Å². The van der Waals surface area contributed by atoms with Crippen LogP contribution in [0.3, 0.4) is 0 Å². The summed E-state index contributed by atoms with van der Waals surface area (Å²) >= 11 is 0. The lowest BCUT2D eigenvalue weighted by Crippen LogP contribution is -2.40. The van der Waals surface area contributed by atoms with Gasteiger partial charge in [-0.05, 0) is 38.8 Å². The van der Waals surface area contributed by atoms with E-state index in [9.17, 15) is 14.4 Å². The van der Waals surface area contributed by atoms with Gasteiger partial charge in [0.2, 0.25) is 5.91 Å². The molecule has 8 heteroatoms. The molecule has 0 aromatic heterocycles. The molecule has 166 valence electrons. The molecule has 1 aliphatic rings. The first-order valence-electron chi connectivity index (χ1n) is 10.5. The summed E-state index contributed by atoms with van der Waals surface area (Å²) in [5, 5.41) is 0. The third-order valence-corrected chi connectivity index (χ3v) is 4.92. The fourth-order valence-electron chi connectivity index (χ4n) is 3.15. The van der Waals surface area contributed by atoms with Crippen molar-refractivity contribution in [2.45, 2.75) is 45.6 Å². The molecule has 0 atom stereocenters. The molecule has 8 nitrogen and oxygen atoms in total. The number of carbonyl (C=O) groups excluding carboxylic acids is 3. The Morgan fingerprint density at radius 2 is 1.70 bits per heavy atom. The summed E-state index contributed by atoms with van der Waals surface area (Å²) in [5.41, 5.74) is 0. The number of esters is 1. The van der Waals surface area contributed by atoms with E-state index < -0.39 is 0 Å². The van der Waals surface area contributed by atoms with Crippen molar-refractivity contribution in [2.75, 3.05) is 40.0 Å². The number of amides is 2. The second kappa shape index (κ2) is 12.0. The highest BCUT2D eigenvalue weighted by Gasteiger charge is 2.33. The van der Waals surface area contributed by atoms with Crippen LogP contribution in [-0.4, -0.2) is 73.6 Å². The van der Waals surface area contributed by atoms with Crippen molar-refractivity contribution in [3.8, 4) is 11.5 Å². The van der Waals surface area contributed by atoms with E-state index in [0.717, 1.165) is 12.8 Å².